The summed E-state index contributed by atoms with van der Waals surface area (Å²) in [6.45, 7) is -1.70. The first-order valence-electron chi connectivity index (χ1n) is 3.94. The highest BCUT2D eigenvalue weighted by Gasteiger charge is 2.27. The molecule has 0 aliphatic rings. The fourth-order valence-electron chi connectivity index (χ4n) is 0.927. The number of aliphatic hydroxyl groups is 1. The lowest BCUT2D eigenvalue weighted by molar-refractivity contribution is -0.179. The number of ether oxygens (including phenoxy) is 1. The predicted molar refractivity (Wildman–Crippen MR) is 42.6 cm³/mol. The number of halogens is 3. The Bertz CT molecular complexity index is 258. The van der Waals surface area contributed by atoms with Gasteiger partial charge < -0.3 is 14.8 Å². The minimum atomic E-state index is -4.35. The molecule has 0 amide bonds. The quantitative estimate of drug-likeness (QED) is 0.791. The Labute approximate surface area is 78.5 Å². The van der Waals surface area contributed by atoms with Gasteiger partial charge in [-0.3, -0.25) is 0 Å². The van der Waals surface area contributed by atoms with E-state index in [1.807, 2.05) is 0 Å². The van der Waals surface area contributed by atoms with Crippen LogP contribution in [0.5, 0.6) is 0 Å². The largest absolute Gasteiger partial charge is 0.411 e. The van der Waals surface area contributed by atoms with Crippen LogP contribution in [0.2, 0.25) is 0 Å². The molecule has 0 bridgehead atoms. The number of hydrogen-bond donors (Lipinski definition) is 2. The Hall–Kier alpha value is -1.01. The van der Waals surface area contributed by atoms with Crippen LogP contribution in [0.25, 0.3) is 0 Å². The van der Waals surface area contributed by atoms with Gasteiger partial charge in [-0.05, 0) is 6.07 Å². The Kier molecular flexibility index (Phi) is 3.54. The summed E-state index contributed by atoms with van der Waals surface area (Å²) in [5, 5.41) is 9.29. The van der Waals surface area contributed by atoms with E-state index >= 15 is 0 Å². The molecular formula is C8H10F3NO2. The molecule has 0 aromatic carbocycles. The second-order valence-electron chi connectivity index (χ2n) is 2.79. The van der Waals surface area contributed by atoms with Gasteiger partial charge in [0.15, 0.2) is 0 Å². The van der Waals surface area contributed by atoms with Crippen molar-refractivity contribution in [2.45, 2.75) is 12.3 Å². The Morgan fingerprint density at radius 2 is 2.21 bits per heavy atom. The third-order valence-corrected chi connectivity index (χ3v) is 1.55. The lowest BCUT2D eigenvalue weighted by atomic mass is 10.2. The number of rotatable bonds is 4. The predicted octanol–water partition coefficient (Wildman–Crippen LogP) is 1.63. The van der Waals surface area contributed by atoms with Crippen molar-refractivity contribution < 1.29 is 23.0 Å². The fraction of sp³-hybridized carbons (Fsp3) is 0.500. The molecule has 1 aromatic rings. The Morgan fingerprint density at radius 1 is 1.50 bits per heavy atom. The van der Waals surface area contributed by atoms with Gasteiger partial charge in [0.25, 0.3) is 0 Å². The molecule has 1 rings (SSSR count). The van der Waals surface area contributed by atoms with Gasteiger partial charge in [-0.1, -0.05) is 0 Å². The number of alkyl halides is 3. The molecule has 6 heteroatoms. The number of hydrogen-bond acceptors (Lipinski definition) is 2. The zero-order chi connectivity index (χ0) is 10.6. The van der Waals surface area contributed by atoms with Gasteiger partial charge in [0, 0.05) is 18.0 Å². The van der Waals surface area contributed by atoms with Crippen molar-refractivity contribution in [1.82, 2.24) is 4.98 Å². The smallest absolute Gasteiger partial charge is 0.386 e. The van der Waals surface area contributed by atoms with Crippen molar-refractivity contribution in [1.29, 1.82) is 0 Å². The first kappa shape index (κ1) is 11.1. The zero-order valence-corrected chi connectivity index (χ0v) is 7.21. The molecule has 14 heavy (non-hydrogen) atoms. The molecular weight excluding hydrogens is 199 g/mol. The summed E-state index contributed by atoms with van der Waals surface area (Å²) >= 11 is 0. The third kappa shape index (κ3) is 3.80. The molecule has 0 saturated carbocycles. The summed E-state index contributed by atoms with van der Waals surface area (Å²) in [5.74, 6) is 0. The second kappa shape index (κ2) is 4.47. The average molecular weight is 209 g/mol. The monoisotopic (exact) mass is 209 g/mol. The van der Waals surface area contributed by atoms with E-state index in [4.69, 9.17) is 0 Å². The van der Waals surface area contributed by atoms with Crippen molar-refractivity contribution in [3.63, 3.8) is 0 Å². The average Bonchev–Trinajstić information content (AvgIpc) is 2.53. The van der Waals surface area contributed by atoms with E-state index < -0.39 is 18.9 Å². The lowest BCUT2D eigenvalue weighted by Crippen LogP contribution is -2.19. The number of aliphatic hydroxyl groups excluding tert-OH is 1. The van der Waals surface area contributed by atoms with E-state index in [2.05, 4.69) is 9.72 Å². The number of nitrogens with one attached hydrogen (secondary N) is 1. The van der Waals surface area contributed by atoms with Gasteiger partial charge in [-0.15, -0.1) is 0 Å². The van der Waals surface area contributed by atoms with Crippen molar-refractivity contribution in [2.75, 3.05) is 13.2 Å². The number of aromatic amines is 1. The normalized spacial score (nSPS) is 14.3. The standard InChI is InChI=1S/C8H10F3NO2/c9-8(10,11)5-14-4-7(13)6-1-2-12-3-6/h1-3,7,12-13H,4-5H2. The molecule has 2 N–H and O–H groups in total. The van der Waals surface area contributed by atoms with Crippen LogP contribution in [0.4, 0.5) is 13.2 Å². The molecule has 80 valence electrons. The van der Waals surface area contributed by atoms with Crippen LogP contribution in [-0.4, -0.2) is 29.5 Å². The van der Waals surface area contributed by atoms with Gasteiger partial charge in [-0.25, -0.2) is 0 Å². The minimum Gasteiger partial charge on any atom is -0.386 e. The van der Waals surface area contributed by atoms with Crippen LogP contribution >= 0.6 is 0 Å². The third-order valence-electron chi connectivity index (χ3n) is 1.55. The topological polar surface area (TPSA) is 45.2 Å². The maximum Gasteiger partial charge on any atom is 0.411 e. The Balaban J connectivity index is 2.26. The van der Waals surface area contributed by atoms with Crippen molar-refractivity contribution in [2.24, 2.45) is 0 Å². The number of aromatic nitrogens is 1. The Morgan fingerprint density at radius 3 is 2.71 bits per heavy atom. The van der Waals surface area contributed by atoms with Crippen LogP contribution < -0.4 is 0 Å². The van der Waals surface area contributed by atoms with E-state index in [0.29, 0.717) is 5.56 Å². The molecule has 0 radical (unpaired) electrons. The van der Waals surface area contributed by atoms with Gasteiger partial charge in [0.2, 0.25) is 0 Å². The van der Waals surface area contributed by atoms with Gasteiger partial charge in [-0.2, -0.15) is 13.2 Å². The van der Waals surface area contributed by atoms with Crippen LogP contribution in [0, 0.1) is 0 Å². The van der Waals surface area contributed by atoms with Crippen molar-refractivity contribution in [3.8, 4) is 0 Å². The molecule has 0 aliphatic carbocycles. The highest BCUT2D eigenvalue weighted by molar-refractivity contribution is 5.11. The molecule has 1 aromatic heterocycles. The summed E-state index contributed by atoms with van der Waals surface area (Å²) in [6.07, 6.45) is -2.30. The van der Waals surface area contributed by atoms with E-state index in [-0.39, 0.29) is 6.61 Å². The van der Waals surface area contributed by atoms with E-state index in [0.717, 1.165) is 0 Å². The summed E-state index contributed by atoms with van der Waals surface area (Å²) in [5.41, 5.74) is 0.507. The summed E-state index contributed by atoms with van der Waals surface area (Å²) < 4.78 is 39.2. The number of H-pyrrole nitrogens is 1. The zero-order valence-electron chi connectivity index (χ0n) is 7.21. The van der Waals surface area contributed by atoms with E-state index in [1.165, 1.54) is 6.20 Å². The highest BCUT2D eigenvalue weighted by Crippen LogP contribution is 2.17. The van der Waals surface area contributed by atoms with Gasteiger partial charge in [0.1, 0.15) is 12.7 Å². The fourth-order valence-corrected chi connectivity index (χ4v) is 0.927. The molecule has 0 saturated heterocycles. The summed E-state index contributed by atoms with van der Waals surface area (Å²) in [4.78, 5) is 2.68. The van der Waals surface area contributed by atoms with Crippen LogP contribution in [-0.2, 0) is 4.74 Å². The minimum absolute atomic E-state index is 0.364. The summed E-state index contributed by atoms with van der Waals surface area (Å²) in [6, 6.07) is 1.57. The van der Waals surface area contributed by atoms with Crippen LogP contribution in [0.3, 0.4) is 0 Å². The van der Waals surface area contributed by atoms with Crippen molar-refractivity contribution in [3.05, 3.63) is 24.0 Å². The van der Waals surface area contributed by atoms with E-state index in [9.17, 15) is 18.3 Å². The first-order valence-corrected chi connectivity index (χ1v) is 3.94. The molecule has 1 heterocycles. The van der Waals surface area contributed by atoms with Crippen LogP contribution in [0.15, 0.2) is 18.5 Å². The molecule has 0 fully saturated rings. The van der Waals surface area contributed by atoms with E-state index in [1.54, 1.807) is 12.3 Å². The van der Waals surface area contributed by atoms with Crippen LogP contribution in [0.1, 0.15) is 11.7 Å². The maximum atomic E-state index is 11.6. The first-order chi connectivity index (χ1) is 6.49. The lowest BCUT2D eigenvalue weighted by Gasteiger charge is -2.11. The van der Waals surface area contributed by atoms with Gasteiger partial charge in [0.05, 0.1) is 6.61 Å². The molecule has 0 spiro atoms. The molecule has 1 atom stereocenters. The second-order valence-corrected chi connectivity index (χ2v) is 2.79. The maximum absolute atomic E-state index is 11.6. The molecule has 1 unspecified atom stereocenters. The summed E-state index contributed by atoms with van der Waals surface area (Å²) in [7, 11) is 0. The highest BCUT2D eigenvalue weighted by atomic mass is 19.4. The SMILES string of the molecule is OC(COCC(F)(F)F)c1cc[nH]c1. The molecule has 0 aliphatic heterocycles. The van der Waals surface area contributed by atoms with Gasteiger partial charge >= 0.3 is 6.18 Å². The van der Waals surface area contributed by atoms with Crippen molar-refractivity contribution >= 4 is 0 Å². The molecule has 3 nitrogen and oxygen atoms in total.